The van der Waals surface area contributed by atoms with Gasteiger partial charge in [-0.2, -0.15) is 0 Å². The first-order valence-electron chi connectivity index (χ1n) is 15.8. The molecule has 9 atom stereocenters. The molecular formula is C33H54O5Si. The van der Waals surface area contributed by atoms with Crippen molar-refractivity contribution in [3.05, 3.63) is 24.2 Å². The summed E-state index contributed by atoms with van der Waals surface area (Å²) in [4.78, 5) is 11.4. The molecule has 220 valence electrons. The van der Waals surface area contributed by atoms with Crippen LogP contribution in [-0.2, 0) is 24.3 Å². The Balaban J connectivity index is 1.31. The third-order valence-electron chi connectivity index (χ3n) is 11.7. The van der Waals surface area contributed by atoms with Gasteiger partial charge in [-0.05, 0) is 111 Å². The van der Waals surface area contributed by atoms with Crippen LogP contribution in [0.15, 0.2) is 23.0 Å². The third-order valence-corrected chi connectivity index (χ3v) is 12.5. The van der Waals surface area contributed by atoms with Gasteiger partial charge >= 0.3 is 0 Å². The topological polar surface area (TPSA) is 57.9 Å². The standard InChI is InChI=1S/C33H54O5Si/c1-30(2,3)21-29(38-39(6)7)37-25-10-14-31(4)23(20-25)8-9-26-27(31)11-15-32(5)28(26)12-16-33(32,36-19-17-34)24-13-18-35-22-24/h13,17-18,22-23,25-29,39H,8-12,14-16,19-21H2,1-7H3/t23-,25+,26-,27+,28+,29?,31+,32+,33-/m1/s1. The number of ether oxygens (including phenoxy) is 2. The van der Waals surface area contributed by atoms with Crippen LogP contribution in [0.25, 0.3) is 0 Å². The molecule has 1 unspecified atom stereocenters. The van der Waals surface area contributed by atoms with Gasteiger partial charge in [0.2, 0.25) is 0 Å². The molecule has 0 aliphatic heterocycles. The second-order valence-corrected chi connectivity index (χ2v) is 17.7. The van der Waals surface area contributed by atoms with Crippen molar-refractivity contribution < 1.29 is 23.1 Å². The van der Waals surface area contributed by atoms with Gasteiger partial charge in [0.25, 0.3) is 0 Å². The molecule has 0 bridgehead atoms. The SMILES string of the molecule is C[SiH](C)OC(CC(C)(C)C)O[C@H]1CC[C@@]2(C)[C@H](CC[C@@H]3[C@@H]2CC[C@@]2(C)[C@H]3CC[C@@]2(OCC=O)c2ccoc2)C1. The fraction of sp³-hybridized carbons (Fsp3) is 0.848. The van der Waals surface area contributed by atoms with Gasteiger partial charge in [0.15, 0.2) is 9.04 Å². The van der Waals surface area contributed by atoms with E-state index in [1.807, 2.05) is 6.26 Å². The second-order valence-electron chi connectivity index (χ2n) is 15.4. The molecule has 1 heterocycles. The lowest BCUT2D eigenvalue weighted by Crippen LogP contribution is -2.56. The number of aldehydes is 1. The van der Waals surface area contributed by atoms with E-state index in [2.05, 4.69) is 53.8 Å². The molecule has 6 heteroatoms. The highest BCUT2D eigenvalue weighted by atomic mass is 28.3. The van der Waals surface area contributed by atoms with Crippen molar-refractivity contribution in [3.8, 4) is 0 Å². The normalized spacial score (nSPS) is 41.1. The Kier molecular flexibility index (Phi) is 8.36. The lowest BCUT2D eigenvalue weighted by Gasteiger charge is -2.62. The van der Waals surface area contributed by atoms with Gasteiger partial charge in [0.1, 0.15) is 24.8 Å². The maximum absolute atomic E-state index is 11.4. The predicted molar refractivity (Wildman–Crippen MR) is 157 cm³/mol. The predicted octanol–water partition coefficient (Wildman–Crippen LogP) is 7.88. The van der Waals surface area contributed by atoms with E-state index < -0.39 is 14.6 Å². The zero-order valence-electron chi connectivity index (χ0n) is 25.7. The highest BCUT2D eigenvalue weighted by Gasteiger charge is 2.66. The van der Waals surface area contributed by atoms with E-state index >= 15 is 0 Å². The van der Waals surface area contributed by atoms with Gasteiger partial charge in [0, 0.05) is 17.4 Å². The van der Waals surface area contributed by atoms with Crippen molar-refractivity contribution in [1.82, 2.24) is 0 Å². The monoisotopic (exact) mass is 558 g/mol. The molecule has 4 aliphatic carbocycles. The maximum Gasteiger partial charge on any atom is 0.174 e. The van der Waals surface area contributed by atoms with E-state index in [0.29, 0.717) is 17.4 Å². The first-order chi connectivity index (χ1) is 18.4. The first kappa shape index (κ1) is 29.5. The van der Waals surface area contributed by atoms with E-state index in [-0.39, 0.29) is 23.7 Å². The number of hydrogen-bond donors (Lipinski definition) is 0. The Bertz CT molecular complexity index is 971. The molecular weight excluding hydrogens is 504 g/mol. The molecule has 0 radical (unpaired) electrons. The average molecular weight is 559 g/mol. The van der Waals surface area contributed by atoms with Crippen LogP contribution in [-0.4, -0.2) is 34.3 Å². The third kappa shape index (κ3) is 5.37. The van der Waals surface area contributed by atoms with Crippen molar-refractivity contribution in [2.75, 3.05) is 6.61 Å². The minimum atomic E-state index is -1.17. The van der Waals surface area contributed by atoms with Crippen molar-refractivity contribution in [2.24, 2.45) is 39.9 Å². The fourth-order valence-electron chi connectivity index (χ4n) is 9.95. The molecule has 4 fully saturated rings. The van der Waals surface area contributed by atoms with Gasteiger partial charge in [-0.3, -0.25) is 0 Å². The summed E-state index contributed by atoms with van der Waals surface area (Å²) in [7, 11) is -1.17. The quantitative estimate of drug-likeness (QED) is 0.175. The van der Waals surface area contributed by atoms with Crippen LogP contribution in [0, 0.1) is 39.9 Å². The zero-order chi connectivity index (χ0) is 28.1. The van der Waals surface area contributed by atoms with E-state index in [1.54, 1.807) is 6.26 Å². The molecule has 0 N–H and O–H groups in total. The highest BCUT2D eigenvalue weighted by molar-refractivity contribution is 6.48. The molecule has 39 heavy (non-hydrogen) atoms. The molecule has 1 aromatic rings. The Morgan fingerprint density at radius 2 is 1.85 bits per heavy atom. The van der Waals surface area contributed by atoms with Crippen LogP contribution >= 0.6 is 0 Å². The summed E-state index contributed by atoms with van der Waals surface area (Å²) in [5, 5.41) is 0. The van der Waals surface area contributed by atoms with Crippen LogP contribution in [0.3, 0.4) is 0 Å². The van der Waals surface area contributed by atoms with Crippen molar-refractivity contribution in [3.63, 3.8) is 0 Å². The minimum Gasteiger partial charge on any atom is -0.472 e. The van der Waals surface area contributed by atoms with Crippen LogP contribution in [0.1, 0.15) is 104 Å². The summed E-state index contributed by atoms with van der Waals surface area (Å²) in [6.45, 7) is 16.6. The van der Waals surface area contributed by atoms with Crippen LogP contribution < -0.4 is 0 Å². The summed E-state index contributed by atoms with van der Waals surface area (Å²) < 4.78 is 25.2. The minimum absolute atomic E-state index is 0.0306. The van der Waals surface area contributed by atoms with E-state index in [0.717, 1.165) is 55.3 Å². The van der Waals surface area contributed by atoms with Gasteiger partial charge in [-0.1, -0.05) is 34.6 Å². The highest BCUT2D eigenvalue weighted by Crippen LogP contribution is 2.71. The maximum atomic E-state index is 11.4. The molecule has 0 amide bonds. The van der Waals surface area contributed by atoms with Crippen molar-refractivity contribution in [1.29, 1.82) is 0 Å². The molecule has 5 nitrogen and oxygen atoms in total. The Labute approximate surface area is 238 Å². The van der Waals surface area contributed by atoms with E-state index in [1.165, 1.54) is 38.5 Å². The summed E-state index contributed by atoms with van der Waals surface area (Å²) in [5.41, 5.74) is 1.33. The molecule has 0 saturated heterocycles. The second kappa shape index (κ2) is 11.0. The van der Waals surface area contributed by atoms with Gasteiger partial charge in [-0.15, -0.1) is 0 Å². The summed E-state index contributed by atoms with van der Waals surface area (Å²) in [6.07, 6.45) is 16.6. The summed E-state index contributed by atoms with van der Waals surface area (Å²) in [6, 6.07) is 2.07. The number of fused-ring (bicyclic) bond motifs is 5. The largest absolute Gasteiger partial charge is 0.472 e. The molecule has 5 rings (SSSR count). The van der Waals surface area contributed by atoms with Gasteiger partial charge in [-0.25, -0.2) is 0 Å². The van der Waals surface area contributed by atoms with Gasteiger partial charge in [0.05, 0.1) is 18.6 Å². The van der Waals surface area contributed by atoms with Crippen molar-refractivity contribution in [2.45, 2.75) is 130 Å². The number of carbonyl (C=O) groups excluding carboxylic acids is 1. The Morgan fingerprint density at radius 3 is 2.51 bits per heavy atom. The van der Waals surface area contributed by atoms with E-state index in [4.69, 9.17) is 18.3 Å². The lowest BCUT2D eigenvalue weighted by atomic mass is 9.44. The van der Waals surface area contributed by atoms with Crippen LogP contribution in [0.2, 0.25) is 13.1 Å². The Hall–Kier alpha value is -0.953. The molecule has 0 spiro atoms. The smallest absolute Gasteiger partial charge is 0.174 e. The fourth-order valence-corrected chi connectivity index (χ4v) is 10.7. The van der Waals surface area contributed by atoms with E-state index in [9.17, 15) is 4.79 Å². The molecule has 4 saturated carbocycles. The number of rotatable bonds is 9. The average Bonchev–Trinajstić information content (AvgIpc) is 3.48. The van der Waals surface area contributed by atoms with Crippen molar-refractivity contribution >= 4 is 15.3 Å². The van der Waals surface area contributed by atoms with Gasteiger partial charge < -0.3 is 23.1 Å². The first-order valence-corrected chi connectivity index (χ1v) is 18.6. The lowest BCUT2D eigenvalue weighted by molar-refractivity contribution is -0.196. The zero-order valence-corrected chi connectivity index (χ0v) is 26.8. The number of hydrogen-bond acceptors (Lipinski definition) is 5. The molecule has 0 aromatic carbocycles. The summed E-state index contributed by atoms with van der Waals surface area (Å²) >= 11 is 0. The number of furan rings is 1. The molecule has 4 aliphatic rings. The molecule has 1 aromatic heterocycles. The summed E-state index contributed by atoms with van der Waals surface area (Å²) in [5.74, 6) is 2.87. The number of carbonyl (C=O) groups is 1. The Morgan fingerprint density at radius 1 is 1.08 bits per heavy atom. The van der Waals surface area contributed by atoms with Crippen LogP contribution in [0.5, 0.6) is 0 Å². The van der Waals surface area contributed by atoms with Crippen LogP contribution in [0.4, 0.5) is 0 Å².